The fourth-order valence-corrected chi connectivity index (χ4v) is 4.01. The fourth-order valence-electron chi connectivity index (χ4n) is 3.89. The minimum Gasteiger partial charge on any atom is -0.342 e. The molecular weight excluding hydrogens is 424 g/mol. The third-order valence-corrected chi connectivity index (χ3v) is 5.97. The van der Waals surface area contributed by atoms with Crippen molar-refractivity contribution in [2.75, 3.05) is 18.4 Å². The van der Waals surface area contributed by atoms with Crippen molar-refractivity contribution >= 4 is 29.1 Å². The number of halogens is 1. The van der Waals surface area contributed by atoms with E-state index in [1.54, 1.807) is 37.4 Å². The molecule has 1 atom stereocenters. The summed E-state index contributed by atoms with van der Waals surface area (Å²) in [6.45, 7) is 3.13. The van der Waals surface area contributed by atoms with Gasteiger partial charge in [-0.2, -0.15) is 0 Å². The number of aryl methyl sites for hydroxylation is 2. The molecule has 0 bridgehead atoms. The summed E-state index contributed by atoms with van der Waals surface area (Å²) in [6.07, 6.45) is 3.64. The SMILES string of the molecule is Cc1nc([C@H]2CCN(C(=O)CCc3ccccc3)C2)ncc1C(=O)Nc1ccc(Cl)cc1. The lowest BCUT2D eigenvalue weighted by molar-refractivity contribution is -0.130. The van der Waals surface area contributed by atoms with E-state index in [2.05, 4.69) is 15.3 Å². The fraction of sp³-hybridized carbons (Fsp3) is 0.280. The van der Waals surface area contributed by atoms with Crippen molar-refractivity contribution in [2.45, 2.75) is 32.1 Å². The Morgan fingerprint density at radius 3 is 2.59 bits per heavy atom. The van der Waals surface area contributed by atoms with Crippen molar-refractivity contribution in [1.29, 1.82) is 0 Å². The van der Waals surface area contributed by atoms with Gasteiger partial charge in [0.1, 0.15) is 5.82 Å². The van der Waals surface area contributed by atoms with Gasteiger partial charge in [0.25, 0.3) is 5.91 Å². The molecule has 0 saturated carbocycles. The van der Waals surface area contributed by atoms with Gasteiger partial charge in [0.15, 0.2) is 0 Å². The highest BCUT2D eigenvalue weighted by Crippen LogP contribution is 2.26. The number of anilines is 1. The number of benzene rings is 2. The highest BCUT2D eigenvalue weighted by Gasteiger charge is 2.29. The van der Waals surface area contributed by atoms with Gasteiger partial charge < -0.3 is 10.2 Å². The van der Waals surface area contributed by atoms with Crippen LogP contribution in [0, 0.1) is 6.92 Å². The lowest BCUT2D eigenvalue weighted by atomic mass is 10.1. The lowest BCUT2D eigenvalue weighted by Gasteiger charge is -2.16. The molecule has 7 heteroatoms. The third kappa shape index (κ3) is 5.32. The Bertz CT molecular complexity index is 1100. The van der Waals surface area contributed by atoms with Crippen LogP contribution in [0.2, 0.25) is 5.02 Å². The van der Waals surface area contributed by atoms with Crippen LogP contribution >= 0.6 is 11.6 Å². The van der Waals surface area contributed by atoms with Crippen LogP contribution in [-0.4, -0.2) is 39.8 Å². The van der Waals surface area contributed by atoms with Crippen molar-refractivity contribution < 1.29 is 9.59 Å². The monoisotopic (exact) mass is 448 g/mol. The molecule has 1 fully saturated rings. The highest BCUT2D eigenvalue weighted by molar-refractivity contribution is 6.30. The molecule has 2 amide bonds. The number of rotatable bonds is 6. The summed E-state index contributed by atoms with van der Waals surface area (Å²) in [7, 11) is 0. The molecule has 0 radical (unpaired) electrons. The first-order chi connectivity index (χ1) is 15.5. The zero-order chi connectivity index (χ0) is 22.5. The standard InChI is InChI=1S/C25H25ClN4O2/c1-17-22(25(32)29-21-10-8-20(26)9-11-21)15-27-24(28-17)19-13-14-30(16-19)23(31)12-7-18-5-3-2-4-6-18/h2-6,8-11,15,19H,7,12-14,16H2,1H3,(H,29,32)/t19-/m0/s1. The minimum absolute atomic E-state index is 0.0859. The van der Waals surface area contributed by atoms with E-state index in [9.17, 15) is 9.59 Å². The van der Waals surface area contributed by atoms with Crippen molar-refractivity contribution in [3.63, 3.8) is 0 Å². The maximum absolute atomic E-state index is 12.6. The normalized spacial score (nSPS) is 15.6. The summed E-state index contributed by atoms with van der Waals surface area (Å²) < 4.78 is 0. The van der Waals surface area contributed by atoms with Gasteiger partial charge in [-0.3, -0.25) is 9.59 Å². The lowest BCUT2D eigenvalue weighted by Crippen LogP contribution is -2.28. The summed E-state index contributed by atoms with van der Waals surface area (Å²) in [5, 5.41) is 3.44. The number of carbonyl (C=O) groups excluding carboxylic acids is 2. The number of likely N-dealkylation sites (tertiary alicyclic amines) is 1. The topological polar surface area (TPSA) is 75.2 Å². The van der Waals surface area contributed by atoms with E-state index in [0.717, 1.165) is 12.8 Å². The number of hydrogen-bond donors (Lipinski definition) is 1. The van der Waals surface area contributed by atoms with Crippen molar-refractivity contribution in [3.05, 3.63) is 88.5 Å². The van der Waals surface area contributed by atoms with Crippen LogP contribution in [-0.2, 0) is 11.2 Å². The largest absolute Gasteiger partial charge is 0.342 e. The zero-order valence-electron chi connectivity index (χ0n) is 17.9. The Hall–Kier alpha value is -3.25. The molecule has 2 aromatic carbocycles. The second-order valence-electron chi connectivity index (χ2n) is 8.00. The van der Waals surface area contributed by atoms with Crippen LogP contribution in [0.5, 0.6) is 0 Å². The van der Waals surface area contributed by atoms with Crippen molar-refractivity contribution in [2.24, 2.45) is 0 Å². The molecule has 0 unspecified atom stereocenters. The van der Waals surface area contributed by atoms with Crippen LogP contribution in [0.4, 0.5) is 5.69 Å². The van der Waals surface area contributed by atoms with Crippen LogP contribution in [0.3, 0.4) is 0 Å². The maximum Gasteiger partial charge on any atom is 0.259 e. The zero-order valence-corrected chi connectivity index (χ0v) is 18.7. The molecule has 1 aromatic heterocycles. The first-order valence-corrected chi connectivity index (χ1v) is 11.1. The molecule has 164 valence electrons. The van der Waals surface area contributed by atoms with Crippen LogP contribution in [0.1, 0.15) is 46.2 Å². The summed E-state index contributed by atoms with van der Waals surface area (Å²) in [6, 6.07) is 17.0. The predicted molar refractivity (Wildman–Crippen MR) is 125 cm³/mol. The van der Waals surface area contributed by atoms with E-state index < -0.39 is 0 Å². The van der Waals surface area contributed by atoms with E-state index >= 15 is 0 Å². The molecule has 0 aliphatic carbocycles. The minimum atomic E-state index is -0.263. The quantitative estimate of drug-likeness (QED) is 0.596. The molecule has 0 spiro atoms. The summed E-state index contributed by atoms with van der Waals surface area (Å²) in [5.41, 5.74) is 2.87. The first kappa shape index (κ1) is 22.0. The molecule has 1 aliphatic rings. The molecule has 1 saturated heterocycles. The van der Waals surface area contributed by atoms with Crippen LogP contribution in [0.15, 0.2) is 60.8 Å². The predicted octanol–water partition coefficient (Wildman–Crippen LogP) is 4.64. The Kier molecular flexibility index (Phi) is 6.81. The van der Waals surface area contributed by atoms with Gasteiger partial charge in [0, 0.05) is 42.3 Å². The molecule has 1 N–H and O–H groups in total. The number of aromatic nitrogens is 2. The second kappa shape index (κ2) is 9.92. The molecule has 4 rings (SSSR count). The summed E-state index contributed by atoms with van der Waals surface area (Å²) in [5.74, 6) is 0.666. The molecule has 6 nitrogen and oxygen atoms in total. The smallest absolute Gasteiger partial charge is 0.259 e. The van der Waals surface area contributed by atoms with E-state index in [4.69, 9.17) is 11.6 Å². The van der Waals surface area contributed by atoms with Gasteiger partial charge >= 0.3 is 0 Å². The van der Waals surface area contributed by atoms with Gasteiger partial charge in [0.2, 0.25) is 5.91 Å². The number of carbonyl (C=O) groups is 2. The molecule has 3 aromatic rings. The Morgan fingerprint density at radius 1 is 1.12 bits per heavy atom. The van der Waals surface area contributed by atoms with Crippen molar-refractivity contribution in [1.82, 2.24) is 14.9 Å². The number of nitrogens with one attached hydrogen (secondary N) is 1. The van der Waals surface area contributed by atoms with Crippen molar-refractivity contribution in [3.8, 4) is 0 Å². The average molecular weight is 449 g/mol. The van der Waals surface area contributed by atoms with Crippen LogP contribution in [0.25, 0.3) is 0 Å². The Labute approximate surface area is 192 Å². The summed E-state index contributed by atoms with van der Waals surface area (Å²) >= 11 is 5.89. The number of hydrogen-bond acceptors (Lipinski definition) is 4. The number of nitrogens with zero attached hydrogens (tertiary/aromatic N) is 3. The highest BCUT2D eigenvalue weighted by atomic mass is 35.5. The van der Waals surface area contributed by atoms with E-state index in [-0.39, 0.29) is 17.7 Å². The Balaban J connectivity index is 1.35. The maximum atomic E-state index is 12.6. The molecule has 2 heterocycles. The van der Waals surface area contributed by atoms with Gasteiger partial charge in [-0.25, -0.2) is 9.97 Å². The van der Waals surface area contributed by atoms with Gasteiger partial charge in [-0.05, 0) is 49.6 Å². The molecule has 1 aliphatic heterocycles. The molecular formula is C25H25ClN4O2. The van der Waals surface area contributed by atoms with E-state index in [1.165, 1.54) is 5.56 Å². The van der Waals surface area contributed by atoms with E-state index in [0.29, 0.717) is 47.3 Å². The second-order valence-corrected chi connectivity index (χ2v) is 8.44. The first-order valence-electron chi connectivity index (χ1n) is 10.7. The molecule has 32 heavy (non-hydrogen) atoms. The van der Waals surface area contributed by atoms with E-state index in [1.807, 2.05) is 35.2 Å². The van der Waals surface area contributed by atoms with Crippen LogP contribution < -0.4 is 5.32 Å². The summed E-state index contributed by atoms with van der Waals surface area (Å²) in [4.78, 5) is 36.2. The van der Waals surface area contributed by atoms with Gasteiger partial charge in [-0.15, -0.1) is 0 Å². The van der Waals surface area contributed by atoms with Gasteiger partial charge in [0.05, 0.1) is 11.3 Å². The third-order valence-electron chi connectivity index (χ3n) is 5.72. The number of amides is 2. The Morgan fingerprint density at radius 2 is 1.88 bits per heavy atom. The van der Waals surface area contributed by atoms with Gasteiger partial charge in [-0.1, -0.05) is 41.9 Å². The average Bonchev–Trinajstić information content (AvgIpc) is 3.30.